The van der Waals surface area contributed by atoms with Gasteiger partial charge >= 0.3 is 0 Å². The Labute approximate surface area is 156 Å². The van der Waals surface area contributed by atoms with Crippen molar-refractivity contribution in [1.82, 2.24) is 19.6 Å². The van der Waals surface area contributed by atoms with Crippen LogP contribution >= 0.6 is 0 Å². The quantitative estimate of drug-likeness (QED) is 0.616. The number of nitrogens with zero attached hydrogens (tertiary/aromatic N) is 4. The van der Waals surface area contributed by atoms with Gasteiger partial charge in [-0.3, -0.25) is 14.5 Å². The van der Waals surface area contributed by atoms with Crippen LogP contribution < -0.4 is 0 Å². The van der Waals surface area contributed by atoms with Crippen LogP contribution in [0.5, 0.6) is 0 Å². The normalized spacial score (nSPS) is 26.2. The van der Waals surface area contributed by atoms with Crippen LogP contribution in [0.2, 0.25) is 0 Å². The number of hydrogen-bond acceptors (Lipinski definition) is 5. The van der Waals surface area contributed by atoms with Crippen molar-refractivity contribution in [2.75, 3.05) is 78.7 Å². The minimum Gasteiger partial charge on any atom is -0.379 e. The van der Waals surface area contributed by atoms with Gasteiger partial charge in [-0.05, 0) is 13.0 Å². The van der Waals surface area contributed by atoms with E-state index in [-0.39, 0.29) is 17.7 Å². The van der Waals surface area contributed by atoms with Gasteiger partial charge in [-0.25, -0.2) is 0 Å². The topological polar surface area (TPSA) is 56.3 Å². The minimum absolute atomic E-state index is 0.0743. The Morgan fingerprint density at radius 1 is 1.08 bits per heavy atom. The van der Waals surface area contributed by atoms with E-state index in [1.165, 1.54) is 0 Å². The number of carbonyl (C=O) groups is 2. The van der Waals surface area contributed by atoms with E-state index >= 15 is 0 Å². The predicted molar refractivity (Wildman–Crippen MR) is 99.8 cm³/mol. The Morgan fingerprint density at radius 2 is 1.81 bits per heavy atom. The van der Waals surface area contributed by atoms with Gasteiger partial charge in [0.05, 0.1) is 19.1 Å². The lowest BCUT2D eigenvalue weighted by Gasteiger charge is -2.29. The summed E-state index contributed by atoms with van der Waals surface area (Å²) < 4.78 is 5.40. The van der Waals surface area contributed by atoms with Crippen molar-refractivity contribution in [1.29, 1.82) is 0 Å². The maximum Gasteiger partial charge on any atom is 0.228 e. The molecule has 26 heavy (non-hydrogen) atoms. The molecule has 1 atom stereocenters. The Balaban J connectivity index is 1.43. The second-order valence-electron chi connectivity index (χ2n) is 7.46. The maximum absolute atomic E-state index is 12.8. The van der Waals surface area contributed by atoms with Gasteiger partial charge < -0.3 is 19.4 Å². The number of likely N-dealkylation sites (tertiary alicyclic amines) is 1. The molecule has 0 aromatic rings. The van der Waals surface area contributed by atoms with Gasteiger partial charge in [0, 0.05) is 65.3 Å². The molecule has 0 radical (unpaired) electrons. The molecule has 0 aromatic carbocycles. The van der Waals surface area contributed by atoms with E-state index in [4.69, 9.17) is 4.74 Å². The van der Waals surface area contributed by atoms with Crippen molar-refractivity contribution in [3.63, 3.8) is 0 Å². The van der Waals surface area contributed by atoms with Crippen molar-refractivity contribution in [2.24, 2.45) is 5.92 Å². The van der Waals surface area contributed by atoms with Crippen molar-refractivity contribution >= 4 is 11.8 Å². The lowest BCUT2D eigenvalue weighted by Crippen LogP contribution is -2.43. The molecule has 3 rings (SSSR count). The third-order valence-electron chi connectivity index (χ3n) is 5.65. The second kappa shape index (κ2) is 9.48. The molecule has 3 aliphatic heterocycles. The Hall–Kier alpha value is -1.44. The smallest absolute Gasteiger partial charge is 0.228 e. The summed E-state index contributed by atoms with van der Waals surface area (Å²) in [6.07, 6.45) is 3.08. The van der Waals surface area contributed by atoms with Gasteiger partial charge in [0.15, 0.2) is 0 Å². The molecular weight excluding hydrogens is 332 g/mol. The highest BCUT2D eigenvalue weighted by molar-refractivity contribution is 5.89. The Bertz CT molecular complexity index is 507. The Morgan fingerprint density at radius 3 is 2.54 bits per heavy atom. The first-order valence-corrected chi connectivity index (χ1v) is 9.87. The van der Waals surface area contributed by atoms with E-state index in [1.807, 2.05) is 4.90 Å². The van der Waals surface area contributed by atoms with Gasteiger partial charge in [-0.15, -0.1) is 6.58 Å². The average Bonchev–Trinajstić information content (AvgIpc) is 2.88. The molecule has 0 saturated carbocycles. The molecule has 0 N–H and O–H groups in total. The van der Waals surface area contributed by atoms with Gasteiger partial charge in [0.25, 0.3) is 0 Å². The van der Waals surface area contributed by atoms with E-state index in [2.05, 4.69) is 16.4 Å². The first-order chi connectivity index (χ1) is 12.7. The lowest BCUT2D eigenvalue weighted by molar-refractivity contribution is -0.135. The highest BCUT2D eigenvalue weighted by Crippen LogP contribution is 2.21. The molecule has 0 aromatic heterocycles. The first-order valence-electron chi connectivity index (χ1n) is 9.87. The molecule has 0 aliphatic carbocycles. The van der Waals surface area contributed by atoms with Crippen molar-refractivity contribution < 1.29 is 14.3 Å². The standard InChI is InChI=1S/C19H32N4O3/c1-2-4-23-16-17(15-18(23)24)19(25)22-6-3-5-20(9-10-22)7-8-21-11-13-26-14-12-21/h2,17H,1,3-16H2. The summed E-state index contributed by atoms with van der Waals surface area (Å²) in [5, 5.41) is 0. The molecule has 3 aliphatic rings. The molecule has 7 nitrogen and oxygen atoms in total. The SMILES string of the molecule is C=CCN1CC(C(=O)N2CCCN(CCN3CCOCC3)CC2)CC1=O. The minimum atomic E-state index is -0.178. The summed E-state index contributed by atoms with van der Waals surface area (Å²) >= 11 is 0. The van der Waals surface area contributed by atoms with Crippen molar-refractivity contribution in [2.45, 2.75) is 12.8 Å². The van der Waals surface area contributed by atoms with E-state index in [9.17, 15) is 9.59 Å². The van der Waals surface area contributed by atoms with Crippen molar-refractivity contribution in [3.8, 4) is 0 Å². The zero-order valence-corrected chi connectivity index (χ0v) is 15.8. The summed E-state index contributed by atoms with van der Waals surface area (Å²) in [7, 11) is 0. The first kappa shape index (κ1) is 19.3. The molecule has 3 heterocycles. The fourth-order valence-corrected chi connectivity index (χ4v) is 4.05. The van der Waals surface area contributed by atoms with Crippen LogP contribution in [-0.2, 0) is 14.3 Å². The van der Waals surface area contributed by atoms with Gasteiger partial charge in [-0.2, -0.15) is 0 Å². The number of morpholine rings is 1. The lowest BCUT2D eigenvalue weighted by atomic mass is 10.1. The maximum atomic E-state index is 12.8. The molecule has 0 spiro atoms. The van der Waals surface area contributed by atoms with E-state index in [0.29, 0.717) is 19.5 Å². The monoisotopic (exact) mass is 364 g/mol. The van der Waals surface area contributed by atoms with E-state index in [1.54, 1.807) is 11.0 Å². The zero-order chi connectivity index (χ0) is 18.4. The predicted octanol–water partition coefficient (Wildman–Crippen LogP) is -0.113. The molecule has 146 valence electrons. The number of ether oxygens (including phenoxy) is 1. The number of rotatable bonds is 6. The fraction of sp³-hybridized carbons (Fsp3) is 0.789. The number of amides is 2. The fourth-order valence-electron chi connectivity index (χ4n) is 4.05. The summed E-state index contributed by atoms with van der Waals surface area (Å²) in [4.78, 5) is 33.5. The van der Waals surface area contributed by atoms with Crippen LogP contribution in [-0.4, -0.2) is 110 Å². The largest absolute Gasteiger partial charge is 0.379 e. The van der Waals surface area contributed by atoms with Crippen LogP contribution in [0.15, 0.2) is 12.7 Å². The molecule has 1 unspecified atom stereocenters. The van der Waals surface area contributed by atoms with Crippen LogP contribution in [0.4, 0.5) is 0 Å². The summed E-state index contributed by atoms with van der Waals surface area (Å²) in [6.45, 7) is 14.2. The molecular formula is C19H32N4O3. The molecule has 2 amide bonds. The van der Waals surface area contributed by atoms with Crippen LogP contribution in [0.25, 0.3) is 0 Å². The average molecular weight is 364 g/mol. The number of hydrogen-bond donors (Lipinski definition) is 0. The molecule has 3 fully saturated rings. The zero-order valence-electron chi connectivity index (χ0n) is 15.8. The summed E-state index contributed by atoms with van der Waals surface area (Å²) in [5.41, 5.74) is 0. The highest BCUT2D eigenvalue weighted by Gasteiger charge is 2.36. The third kappa shape index (κ3) is 5.05. The molecule has 7 heteroatoms. The van der Waals surface area contributed by atoms with E-state index in [0.717, 1.165) is 72.0 Å². The Kier molecular flexibility index (Phi) is 7.05. The van der Waals surface area contributed by atoms with Crippen LogP contribution in [0.3, 0.4) is 0 Å². The van der Waals surface area contributed by atoms with E-state index < -0.39 is 0 Å². The second-order valence-corrected chi connectivity index (χ2v) is 7.46. The third-order valence-corrected chi connectivity index (χ3v) is 5.65. The number of carbonyl (C=O) groups excluding carboxylic acids is 2. The van der Waals surface area contributed by atoms with Crippen molar-refractivity contribution in [3.05, 3.63) is 12.7 Å². The van der Waals surface area contributed by atoms with Gasteiger partial charge in [0.2, 0.25) is 11.8 Å². The summed E-state index contributed by atoms with van der Waals surface area (Å²) in [6, 6.07) is 0. The summed E-state index contributed by atoms with van der Waals surface area (Å²) in [5.74, 6) is 0.0486. The van der Waals surface area contributed by atoms with Gasteiger partial charge in [0.1, 0.15) is 0 Å². The molecule has 3 saturated heterocycles. The van der Waals surface area contributed by atoms with Gasteiger partial charge in [-0.1, -0.05) is 6.08 Å². The van der Waals surface area contributed by atoms with Crippen LogP contribution in [0, 0.1) is 5.92 Å². The highest BCUT2D eigenvalue weighted by atomic mass is 16.5. The molecule has 0 bridgehead atoms. The van der Waals surface area contributed by atoms with Crippen LogP contribution in [0.1, 0.15) is 12.8 Å².